The third kappa shape index (κ3) is 3.58. The third-order valence-electron chi connectivity index (χ3n) is 1.95. The van der Waals surface area contributed by atoms with Crippen LogP contribution in [0.1, 0.15) is 17.5 Å². The number of nitrogens with two attached hydrogens (primary N) is 1. The van der Waals surface area contributed by atoms with Crippen LogP contribution in [0, 0.1) is 5.82 Å². The summed E-state index contributed by atoms with van der Waals surface area (Å²) >= 11 is 0. The highest BCUT2D eigenvalue weighted by molar-refractivity contribution is 5.76. The van der Waals surface area contributed by atoms with Crippen molar-refractivity contribution in [1.29, 1.82) is 0 Å². The van der Waals surface area contributed by atoms with Crippen molar-refractivity contribution in [3.05, 3.63) is 41.2 Å². The molecule has 2 nitrogen and oxygen atoms in total. The highest BCUT2D eigenvalue weighted by Crippen LogP contribution is 2.34. The van der Waals surface area contributed by atoms with Crippen LogP contribution in [0.3, 0.4) is 0 Å². The summed E-state index contributed by atoms with van der Waals surface area (Å²) < 4.78 is 50.7. The SMILES string of the molecule is NC(=O)CC=Cc1cccc(F)c1C(F)(F)F. The summed E-state index contributed by atoms with van der Waals surface area (Å²) in [6.07, 6.45) is -2.80. The maximum absolute atomic E-state index is 13.1. The van der Waals surface area contributed by atoms with Crippen molar-refractivity contribution in [2.24, 2.45) is 5.73 Å². The summed E-state index contributed by atoms with van der Waals surface area (Å²) in [7, 11) is 0. The van der Waals surface area contributed by atoms with Crippen LogP contribution in [0.2, 0.25) is 0 Å². The molecule has 92 valence electrons. The van der Waals surface area contributed by atoms with Crippen LogP contribution in [0.15, 0.2) is 24.3 Å². The molecule has 0 aliphatic rings. The van der Waals surface area contributed by atoms with Gasteiger partial charge in [-0.1, -0.05) is 24.3 Å². The maximum Gasteiger partial charge on any atom is 0.419 e. The fourth-order valence-corrected chi connectivity index (χ4v) is 1.28. The van der Waals surface area contributed by atoms with Crippen molar-refractivity contribution in [3.8, 4) is 0 Å². The summed E-state index contributed by atoms with van der Waals surface area (Å²) in [6, 6.07) is 3.01. The van der Waals surface area contributed by atoms with Crippen molar-refractivity contribution >= 4 is 12.0 Å². The predicted octanol–water partition coefficient (Wildman–Crippen LogP) is 2.73. The van der Waals surface area contributed by atoms with Gasteiger partial charge in [0.25, 0.3) is 0 Å². The van der Waals surface area contributed by atoms with E-state index in [-0.39, 0.29) is 12.0 Å². The van der Waals surface area contributed by atoms with E-state index in [0.717, 1.165) is 30.4 Å². The van der Waals surface area contributed by atoms with E-state index in [9.17, 15) is 22.4 Å². The molecule has 0 bridgehead atoms. The first-order valence-electron chi connectivity index (χ1n) is 4.63. The Balaban J connectivity index is 3.12. The number of hydrogen-bond acceptors (Lipinski definition) is 1. The van der Waals surface area contributed by atoms with E-state index < -0.39 is 23.5 Å². The summed E-state index contributed by atoms with van der Waals surface area (Å²) in [6.45, 7) is 0. The van der Waals surface area contributed by atoms with Crippen LogP contribution in [0.25, 0.3) is 6.08 Å². The van der Waals surface area contributed by atoms with Crippen LogP contribution < -0.4 is 5.73 Å². The lowest BCUT2D eigenvalue weighted by molar-refractivity contribution is -0.140. The second-order valence-corrected chi connectivity index (χ2v) is 3.27. The minimum atomic E-state index is -4.78. The highest BCUT2D eigenvalue weighted by atomic mass is 19.4. The molecule has 6 heteroatoms. The first-order valence-corrected chi connectivity index (χ1v) is 4.63. The van der Waals surface area contributed by atoms with Gasteiger partial charge in [-0.05, 0) is 11.6 Å². The molecule has 0 aromatic heterocycles. The van der Waals surface area contributed by atoms with Crippen LogP contribution in [-0.2, 0) is 11.0 Å². The van der Waals surface area contributed by atoms with Gasteiger partial charge in [0.05, 0.1) is 5.56 Å². The van der Waals surface area contributed by atoms with Gasteiger partial charge in [0.15, 0.2) is 0 Å². The minimum absolute atomic E-state index is 0.201. The molecule has 0 aliphatic heterocycles. The van der Waals surface area contributed by atoms with Gasteiger partial charge >= 0.3 is 6.18 Å². The zero-order valence-electron chi connectivity index (χ0n) is 8.59. The monoisotopic (exact) mass is 247 g/mol. The van der Waals surface area contributed by atoms with Gasteiger partial charge < -0.3 is 5.73 Å². The van der Waals surface area contributed by atoms with Crippen molar-refractivity contribution in [2.45, 2.75) is 12.6 Å². The maximum atomic E-state index is 13.1. The average molecular weight is 247 g/mol. The number of alkyl halides is 3. The van der Waals surface area contributed by atoms with Gasteiger partial charge in [0, 0.05) is 6.42 Å². The van der Waals surface area contributed by atoms with Crippen molar-refractivity contribution in [3.63, 3.8) is 0 Å². The number of carbonyl (C=O) groups is 1. The number of halogens is 4. The molecule has 0 atom stereocenters. The second-order valence-electron chi connectivity index (χ2n) is 3.27. The van der Waals surface area contributed by atoms with Gasteiger partial charge in [0.2, 0.25) is 5.91 Å². The Morgan fingerprint density at radius 3 is 2.53 bits per heavy atom. The third-order valence-corrected chi connectivity index (χ3v) is 1.95. The van der Waals surface area contributed by atoms with E-state index in [1.165, 1.54) is 0 Å². The number of carbonyl (C=O) groups excluding carboxylic acids is 1. The lowest BCUT2D eigenvalue weighted by Gasteiger charge is -2.10. The number of benzene rings is 1. The summed E-state index contributed by atoms with van der Waals surface area (Å²) in [4.78, 5) is 10.4. The molecule has 1 aromatic carbocycles. The normalized spacial score (nSPS) is 12.0. The van der Waals surface area contributed by atoms with E-state index >= 15 is 0 Å². The van der Waals surface area contributed by atoms with E-state index in [0.29, 0.717) is 0 Å². The standard InChI is InChI=1S/C11H9F4NO/c12-8-5-1-3-7(4-2-6-9(16)17)10(8)11(13,14)15/h1-5H,6H2,(H2,16,17). The topological polar surface area (TPSA) is 43.1 Å². The first-order chi connectivity index (χ1) is 7.82. The molecule has 0 unspecified atom stereocenters. The lowest BCUT2D eigenvalue weighted by atomic mass is 10.1. The van der Waals surface area contributed by atoms with E-state index in [1.54, 1.807) is 0 Å². The number of rotatable bonds is 3. The van der Waals surface area contributed by atoms with E-state index in [4.69, 9.17) is 5.73 Å². The van der Waals surface area contributed by atoms with Crippen LogP contribution in [-0.4, -0.2) is 5.91 Å². The second kappa shape index (κ2) is 4.99. The molecule has 0 saturated carbocycles. The zero-order chi connectivity index (χ0) is 13.1. The molecule has 17 heavy (non-hydrogen) atoms. The molecular weight excluding hydrogens is 238 g/mol. The Morgan fingerprint density at radius 1 is 1.35 bits per heavy atom. The fourth-order valence-electron chi connectivity index (χ4n) is 1.28. The summed E-state index contributed by atoms with van der Waals surface area (Å²) in [5.41, 5.74) is 3.14. The van der Waals surface area contributed by atoms with Gasteiger partial charge in [0.1, 0.15) is 5.82 Å². The molecule has 0 radical (unpaired) electrons. The molecule has 2 N–H and O–H groups in total. The van der Waals surface area contributed by atoms with Crippen LogP contribution in [0.4, 0.5) is 17.6 Å². The van der Waals surface area contributed by atoms with Crippen molar-refractivity contribution < 1.29 is 22.4 Å². The van der Waals surface area contributed by atoms with Gasteiger partial charge in [-0.2, -0.15) is 13.2 Å². The molecule has 0 fully saturated rings. The smallest absolute Gasteiger partial charge is 0.369 e. The Labute approximate surface area is 94.7 Å². The summed E-state index contributed by atoms with van der Waals surface area (Å²) in [5, 5.41) is 0. The molecule has 0 heterocycles. The first kappa shape index (κ1) is 13.2. The Hall–Kier alpha value is -1.85. The quantitative estimate of drug-likeness (QED) is 0.820. The van der Waals surface area contributed by atoms with Crippen molar-refractivity contribution in [2.75, 3.05) is 0 Å². The largest absolute Gasteiger partial charge is 0.419 e. The number of primary amides is 1. The van der Waals surface area contributed by atoms with Crippen LogP contribution in [0.5, 0.6) is 0 Å². The van der Waals surface area contributed by atoms with E-state index in [1.807, 2.05) is 0 Å². The zero-order valence-corrected chi connectivity index (χ0v) is 8.59. The number of hydrogen-bond donors (Lipinski definition) is 1. The minimum Gasteiger partial charge on any atom is -0.369 e. The molecule has 0 spiro atoms. The Kier molecular flexibility index (Phi) is 3.88. The predicted molar refractivity (Wildman–Crippen MR) is 54.2 cm³/mol. The fraction of sp³-hybridized carbons (Fsp3) is 0.182. The Bertz CT molecular complexity index is 451. The molecular formula is C11H9F4NO. The van der Waals surface area contributed by atoms with Gasteiger partial charge in [-0.15, -0.1) is 0 Å². The van der Waals surface area contributed by atoms with Gasteiger partial charge in [-0.25, -0.2) is 4.39 Å². The molecule has 0 saturated heterocycles. The average Bonchev–Trinajstić information content (AvgIpc) is 2.14. The van der Waals surface area contributed by atoms with E-state index in [2.05, 4.69) is 0 Å². The lowest BCUT2D eigenvalue weighted by Crippen LogP contribution is -2.10. The van der Waals surface area contributed by atoms with Crippen molar-refractivity contribution in [1.82, 2.24) is 0 Å². The molecule has 1 amide bonds. The van der Waals surface area contributed by atoms with Crippen LogP contribution >= 0.6 is 0 Å². The molecule has 0 aliphatic carbocycles. The highest BCUT2D eigenvalue weighted by Gasteiger charge is 2.35. The number of amides is 1. The van der Waals surface area contributed by atoms with Gasteiger partial charge in [-0.3, -0.25) is 4.79 Å². The molecule has 1 rings (SSSR count). The molecule has 1 aromatic rings. The summed E-state index contributed by atoms with van der Waals surface area (Å²) in [5.74, 6) is -2.02. The Morgan fingerprint density at radius 2 is 2.00 bits per heavy atom.